The van der Waals surface area contributed by atoms with Gasteiger partial charge in [0.25, 0.3) is 0 Å². The summed E-state index contributed by atoms with van der Waals surface area (Å²) in [7, 11) is -4.31. The molecule has 0 heterocycles. The maximum Gasteiger partial charge on any atom is 0.340 e. The van der Waals surface area contributed by atoms with Crippen LogP contribution in [-0.2, 0) is 21.5 Å². The minimum absolute atomic E-state index is 0.000894. The van der Waals surface area contributed by atoms with E-state index in [0.717, 1.165) is 74.0 Å². The molecule has 0 spiro atoms. The van der Waals surface area contributed by atoms with Crippen LogP contribution in [0, 0.1) is 0 Å². The third-order valence-corrected chi connectivity index (χ3v) is 13.0. The molecule has 2 unspecified atom stereocenters. The topological polar surface area (TPSA) is 112 Å². The maximum atomic E-state index is 14.1. The predicted molar refractivity (Wildman–Crippen MR) is 251 cm³/mol. The predicted octanol–water partition coefficient (Wildman–Crippen LogP) is 12.9. The van der Waals surface area contributed by atoms with Crippen molar-refractivity contribution in [3.8, 4) is 28.4 Å². The number of unbranched alkanes of at least 4 members (excludes halogenated alkanes) is 7. The van der Waals surface area contributed by atoms with Gasteiger partial charge in [0.15, 0.2) is 0 Å². The van der Waals surface area contributed by atoms with E-state index >= 15 is 0 Å². The first-order valence-electron chi connectivity index (χ1n) is 22.2. The third-order valence-electron chi connectivity index (χ3n) is 10.5. The molecule has 0 bridgehead atoms. The molecular formula is C52H64O8S2. The van der Waals surface area contributed by atoms with Gasteiger partial charge in [-0.25, -0.2) is 0 Å². The van der Waals surface area contributed by atoms with Gasteiger partial charge in [0.05, 0.1) is 19.3 Å². The average molecular weight is 881 g/mol. The minimum Gasteiger partial charge on any atom is -0.494 e. The highest BCUT2D eigenvalue weighted by Crippen LogP contribution is 2.41. The monoisotopic (exact) mass is 880 g/mol. The van der Waals surface area contributed by atoms with Crippen LogP contribution in [0.25, 0.3) is 11.1 Å². The van der Waals surface area contributed by atoms with Crippen molar-refractivity contribution in [2.24, 2.45) is 0 Å². The summed E-state index contributed by atoms with van der Waals surface area (Å²) in [5.41, 5.74) is 3.27. The van der Waals surface area contributed by atoms with E-state index in [1.807, 2.05) is 72.8 Å². The molecule has 0 fully saturated rings. The summed E-state index contributed by atoms with van der Waals surface area (Å²) >= 11 is 1.32. The Morgan fingerprint density at radius 2 is 1.39 bits per heavy atom. The summed E-state index contributed by atoms with van der Waals surface area (Å²) in [6, 6.07) is 34.4. The quantitative estimate of drug-likeness (QED) is 0.0275. The highest BCUT2D eigenvalue weighted by Gasteiger charge is 2.25. The molecule has 0 saturated carbocycles. The fourth-order valence-corrected chi connectivity index (χ4v) is 9.39. The summed E-state index contributed by atoms with van der Waals surface area (Å²) < 4.78 is 51.9. The number of hydrogen-bond donors (Lipinski definition) is 2. The first-order valence-corrected chi connectivity index (χ1v) is 24.4. The molecule has 2 atom stereocenters. The molecular weight excluding hydrogens is 817 g/mol. The average Bonchev–Trinajstić information content (AvgIpc) is 3.29. The van der Waals surface area contributed by atoms with Crippen molar-refractivity contribution in [3.05, 3.63) is 145 Å². The van der Waals surface area contributed by atoms with Gasteiger partial charge in [-0.15, -0.1) is 0 Å². The van der Waals surface area contributed by atoms with E-state index in [-0.39, 0.29) is 23.4 Å². The van der Waals surface area contributed by atoms with Crippen LogP contribution < -0.4 is 13.7 Å². The van der Waals surface area contributed by atoms with Gasteiger partial charge in [0, 0.05) is 22.0 Å². The van der Waals surface area contributed by atoms with Crippen LogP contribution in [0.3, 0.4) is 0 Å². The van der Waals surface area contributed by atoms with Crippen LogP contribution >= 0.6 is 11.8 Å². The molecule has 0 amide bonds. The van der Waals surface area contributed by atoms with Crippen molar-refractivity contribution >= 4 is 21.9 Å². The summed E-state index contributed by atoms with van der Waals surface area (Å²) in [5.74, 6) is 1.47. The fourth-order valence-electron chi connectivity index (χ4n) is 7.09. The van der Waals surface area contributed by atoms with E-state index in [1.54, 1.807) is 48.5 Å². The second-order valence-corrected chi connectivity index (χ2v) is 18.1. The molecule has 2 N–H and O–H groups in total. The molecule has 0 aromatic heterocycles. The van der Waals surface area contributed by atoms with Gasteiger partial charge >= 0.3 is 10.1 Å². The second kappa shape index (κ2) is 26.1. The van der Waals surface area contributed by atoms with E-state index in [0.29, 0.717) is 52.7 Å². The van der Waals surface area contributed by atoms with E-state index in [9.17, 15) is 18.6 Å². The van der Waals surface area contributed by atoms with Crippen LogP contribution in [0.15, 0.2) is 143 Å². The van der Waals surface area contributed by atoms with Crippen LogP contribution in [0.4, 0.5) is 0 Å². The van der Waals surface area contributed by atoms with Gasteiger partial charge < -0.3 is 28.6 Å². The Morgan fingerprint density at radius 3 is 2.13 bits per heavy atom. The lowest BCUT2D eigenvalue weighted by Crippen LogP contribution is -2.11. The summed E-state index contributed by atoms with van der Waals surface area (Å²) in [4.78, 5) is 1.33. The third kappa shape index (κ3) is 15.3. The van der Waals surface area contributed by atoms with Gasteiger partial charge in [-0.1, -0.05) is 144 Å². The zero-order valence-electron chi connectivity index (χ0n) is 36.4. The van der Waals surface area contributed by atoms with Gasteiger partial charge in [0.2, 0.25) is 0 Å². The molecule has 332 valence electrons. The molecule has 5 rings (SSSR count). The van der Waals surface area contributed by atoms with Crippen LogP contribution in [0.5, 0.6) is 17.2 Å². The molecule has 8 nitrogen and oxygen atoms in total. The molecule has 0 saturated heterocycles. The molecule has 5 aromatic carbocycles. The van der Waals surface area contributed by atoms with Crippen molar-refractivity contribution in [2.45, 2.75) is 124 Å². The lowest BCUT2D eigenvalue weighted by Gasteiger charge is -2.21. The van der Waals surface area contributed by atoms with Gasteiger partial charge in [-0.05, 0) is 109 Å². The van der Waals surface area contributed by atoms with Gasteiger partial charge in [-0.3, -0.25) is 0 Å². The number of para-hydroxylation sites is 1. The first-order chi connectivity index (χ1) is 30.2. The van der Waals surface area contributed by atoms with Crippen LogP contribution in [0.2, 0.25) is 0 Å². The number of hydrogen-bond acceptors (Lipinski definition) is 9. The molecule has 62 heavy (non-hydrogen) atoms. The number of benzene rings is 5. The van der Waals surface area contributed by atoms with E-state index in [1.165, 1.54) is 31.0 Å². The fraction of sp³-hybridized carbons (Fsp3) is 0.385. The van der Waals surface area contributed by atoms with Gasteiger partial charge in [0.1, 0.15) is 34.9 Å². The normalized spacial score (nSPS) is 12.5. The Morgan fingerprint density at radius 1 is 0.677 bits per heavy atom. The Kier molecular flexibility index (Phi) is 20.4. The van der Waals surface area contributed by atoms with Crippen molar-refractivity contribution in [3.63, 3.8) is 0 Å². The summed E-state index contributed by atoms with van der Waals surface area (Å²) in [6.07, 6.45) is 12.9. The number of aliphatic hydroxyl groups is 2. The Balaban J connectivity index is 1.34. The lowest BCUT2D eigenvalue weighted by atomic mass is 9.91. The Bertz CT molecular complexity index is 2190. The van der Waals surface area contributed by atoms with Crippen molar-refractivity contribution in [1.82, 2.24) is 0 Å². The molecule has 0 aliphatic carbocycles. The standard InChI is InChI=1S/C52H64O8S2/c1-4-7-9-13-20-42(53)21-14-10-11-19-35-57-39-40-26-32-49(59-34-6-3)48(37-40)52(54)47-25-18-17-24-46(47)41-27-33-50(61-45-30-28-43(29-31-45)58-36-8-5-2)51(38-41)62(55,56)60-44-22-15-12-16-23-44/h6,12,15-18,22-33,37-38,42,52-54H,3-5,7-11,13-14,19-21,34-36,39H2,1-2H3. The maximum absolute atomic E-state index is 14.1. The van der Waals surface area contributed by atoms with Gasteiger partial charge in [-0.2, -0.15) is 8.42 Å². The summed E-state index contributed by atoms with van der Waals surface area (Å²) in [5, 5.41) is 22.5. The first kappa shape index (κ1) is 48.5. The minimum atomic E-state index is -4.31. The highest BCUT2D eigenvalue weighted by atomic mass is 32.2. The molecule has 0 aliphatic rings. The number of ether oxygens (including phenoxy) is 3. The highest BCUT2D eigenvalue weighted by molar-refractivity contribution is 8.00. The smallest absolute Gasteiger partial charge is 0.340 e. The molecule has 10 heteroatoms. The zero-order chi connectivity index (χ0) is 44.0. The summed E-state index contributed by atoms with van der Waals surface area (Å²) in [6.45, 7) is 9.99. The van der Waals surface area contributed by atoms with E-state index in [2.05, 4.69) is 20.4 Å². The van der Waals surface area contributed by atoms with E-state index < -0.39 is 16.2 Å². The number of rotatable bonds is 29. The van der Waals surface area contributed by atoms with E-state index in [4.69, 9.17) is 18.4 Å². The second-order valence-electron chi connectivity index (χ2n) is 15.5. The lowest BCUT2D eigenvalue weighted by molar-refractivity contribution is 0.115. The zero-order valence-corrected chi connectivity index (χ0v) is 38.0. The van der Waals surface area contributed by atoms with Crippen LogP contribution in [-0.4, -0.2) is 44.6 Å². The molecule has 0 radical (unpaired) electrons. The Labute approximate surface area is 374 Å². The van der Waals surface area contributed by atoms with Crippen LogP contribution in [0.1, 0.15) is 114 Å². The largest absolute Gasteiger partial charge is 0.494 e. The molecule has 5 aromatic rings. The van der Waals surface area contributed by atoms with Crippen molar-refractivity contribution < 1.29 is 37.0 Å². The molecule has 0 aliphatic heterocycles. The SMILES string of the molecule is C=CCOc1ccc(COCCCCCCC(O)CCCCCC)cc1C(O)c1ccccc1-c1ccc(Sc2ccc(OCCCC)cc2)c(S(=O)(=O)Oc2ccccc2)c1. The van der Waals surface area contributed by atoms with Crippen molar-refractivity contribution in [1.29, 1.82) is 0 Å². The number of aliphatic hydroxyl groups excluding tert-OH is 2. The Hall–Kier alpha value is -4.58. The van der Waals surface area contributed by atoms with Crippen molar-refractivity contribution in [2.75, 3.05) is 19.8 Å².